The van der Waals surface area contributed by atoms with E-state index in [9.17, 15) is 0 Å². The minimum absolute atomic E-state index is 0.0270. The maximum absolute atomic E-state index is 5.44. The van der Waals surface area contributed by atoms with Gasteiger partial charge in [-0.2, -0.15) is 0 Å². The van der Waals surface area contributed by atoms with Gasteiger partial charge in [0.15, 0.2) is 6.29 Å². The third-order valence-electron chi connectivity index (χ3n) is 1.87. The lowest BCUT2D eigenvalue weighted by Gasteiger charge is -2.22. The van der Waals surface area contributed by atoms with Crippen molar-refractivity contribution in [2.45, 2.75) is 32.5 Å². The Morgan fingerprint density at radius 3 is 2.92 bits per heavy atom. The highest BCUT2D eigenvalue weighted by atomic mass is 16.7. The molecule has 0 bridgehead atoms. The summed E-state index contributed by atoms with van der Waals surface area (Å²) in [7, 11) is 0. The van der Waals surface area contributed by atoms with E-state index in [0.29, 0.717) is 13.2 Å². The second-order valence-corrected chi connectivity index (χ2v) is 2.86. The van der Waals surface area contributed by atoms with Crippen LogP contribution in [-0.2, 0) is 14.2 Å². The third kappa shape index (κ3) is 4.04. The standard InChI is InChI=1S/C9H18O3/c1-2-10-7-8-12-9-5-3-4-6-11-9/h9H,2-8H2,1H3. The molecule has 1 aliphatic heterocycles. The molecule has 0 radical (unpaired) electrons. The molecule has 3 heteroatoms. The summed E-state index contributed by atoms with van der Waals surface area (Å²) in [4.78, 5) is 0. The molecule has 1 aliphatic rings. The Morgan fingerprint density at radius 1 is 1.33 bits per heavy atom. The van der Waals surface area contributed by atoms with Gasteiger partial charge in [0.1, 0.15) is 0 Å². The maximum atomic E-state index is 5.44. The van der Waals surface area contributed by atoms with Gasteiger partial charge in [0.2, 0.25) is 0 Å². The fraction of sp³-hybridized carbons (Fsp3) is 1.00. The fourth-order valence-corrected chi connectivity index (χ4v) is 1.23. The quantitative estimate of drug-likeness (QED) is 0.592. The van der Waals surface area contributed by atoms with E-state index in [1.165, 1.54) is 12.8 Å². The van der Waals surface area contributed by atoms with Crippen LogP contribution in [-0.4, -0.2) is 32.7 Å². The summed E-state index contributed by atoms with van der Waals surface area (Å²) in [6.45, 7) is 4.92. The van der Waals surface area contributed by atoms with Crippen LogP contribution in [0.15, 0.2) is 0 Å². The van der Waals surface area contributed by atoms with Gasteiger partial charge in [0.25, 0.3) is 0 Å². The molecule has 3 nitrogen and oxygen atoms in total. The summed E-state index contributed by atoms with van der Waals surface area (Å²) in [6, 6.07) is 0. The number of hydrogen-bond donors (Lipinski definition) is 0. The summed E-state index contributed by atoms with van der Waals surface area (Å²) in [6.07, 6.45) is 3.45. The molecule has 1 heterocycles. The van der Waals surface area contributed by atoms with Gasteiger partial charge in [-0.05, 0) is 26.2 Å². The topological polar surface area (TPSA) is 27.7 Å². The smallest absolute Gasteiger partial charge is 0.157 e. The van der Waals surface area contributed by atoms with Gasteiger partial charge in [-0.15, -0.1) is 0 Å². The van der Waals surface area contributed by atoms with E-state index in [2.05, 4.69) is 0 Å². The molecule has 0 N–H and O–H groups in total. The highest BCUT2D eigenvalue weighted by Gasteiger charge is 2.12. The van der Waals surface area contributed by atoms with Gasteiger partial charge in [0.05, 0.1) is 13.2 Å². The van der Waals surface area contributed by atoms with Crippen LogP contribution in [0.1, 0.15) is 26.2 Å². The number of ether oxygens (including phenoxy) is 3. The van der Waals surface area contributed by atoms with Crippen LogP contribution in [0.3, 0.4) is 0 Å². The summed E-state index contributed by atoms with van der Waals surface area (Å²) >= 11 is 0. The molecule has 1 fully saturated rings. The van der Waals surface area contributed by atoms with E-state index in [0.717, 1.165) is 19.6 Å². The predicted octanol–water partition coefficient (Wildman–Crippen LogP) is 1.57. The summed E-state index contributed by atoms with van der Waals surface area (Å²) < 4.78 is 16.0. The first-order chi connectivity index (χ1) is 5.93. The maximum Gasteiger partial charge on any atom is 0.157 e. The largest absolute Gasteiger partial charge is 0.379 e. The molecular weight excluding hydrogens is 156 g/mol. The van der Waals surface area contributed by atoms with Crippen molar-refractivity contribution in [1.29, 1.82) is 0 Å². The van der Waals surface area contributed by atoms with Crippen molar-refractivity contribution in [2.75, 3.05) is 26.4 Å². The first-order valence-corrected chi connectivity index (χ1v) is 4.74. The Kier molecular flexibility index (Phi) is 5.32. The molecule has 0 aromatic carbocycles. The first kappa shape index (κ1) is 9.96. The minimum atomic E-state index is 0.0270. The summed E-state index contributed by atoms with van der Waals surface area (Å²) in [5.41, 5.74) is 0. The van der Waals surface area contributed by atoms with Crippen LogP contribution < -0.4 is 0 Å². The third-order valence-corrected chi connectivity index (χ3v) is 1.87. The van der Waals surface area contributed by atoms with Crippen molar-refractivity contribution in [3.63, 3.8) is 0 Å². The molecular formula is C9H18O3. The zero-order chi connectivity index (χ0) is 8.65. The Balaban J connectivity index is 1.91. The van der Waals surface area contributed by atoms with Gasteiger partial charge in [0, 0.05) is 13.2 Å². The van der Waals surface area contributed by atoms with Crippen LogP contribution in [0.5, 0.6) is 0 Å². The van der Waals surface area contributed by atoms with E-state index in [4.69, 9.17) is 14.2 Å². The summed E-state index contributed by atoms with van der Waals surface area (Å²) in [5, 5.41) is 0. The van der Waals surface area contributed by atoms with Gasteiger partial charge < -0.3 is 14.2 Å². The van der Waals surface area contributed by atoms with Gasteiger partial charge >= 0.3 is 0 Å². The SMILES string of the molecule is CCOCCOC1CCCCO1. The van der Waals surface area contributed by atoms with Crippen LogP contribution in [0.4, 0.5) is 0 Å². The van der Waals surface area contributed by atoms with Crippen LogP contribution in [0.2, 0.25) is 0 Å². The van der Waals surface area contributed by atoms with Crippen molar-refractivity contribution in [2.24, 2.45) is 0 Å². The molecule has 72 valence electrons. The average molecular weight is 174 g/mol. The number of hydrogen-bond acceptors (Lipinski definition) is 3. The molecule has 0 aromatic heterocycles. The monoisotopic (exact) mass is 174 g/mol. The highest BCUT2D eigenvalue weighted by Crippen LogP contribution is 2.13. The predicted molar refractivity (Wildman–Crippen MR) is 46.0 cm³/mol. The molecule has 0 amide bonds. The van der Waals surface area contributed by atoms with Crippen LogP contribution >= 0.6 is 0 Å². The van der Waals surface area contributed by atoms with Crippen molar-refractivity contribution >= 4 is 0 Å². The van der Waals surface area contributed by atoms with Crippen molar-refractivity contribution in [3.8, 4) is 0 Å². The molecule has 0 aromatic rings. The number of rotatable bonds is 5. The van der Waals surface area contributed by atoms with E-state index >= 15 is 0 Å². The molecule has 0 aliphatic carbocycles. The molecule has 12 heavy (non-hydrogen) atoms. The van der Waals surface area contributed by atoms with Crippen molar-refractivity contribution in [1.82, 2.24) is 0 Å². The molecule has 1 atom stereocenters. The fourth-order valence-electron chi connectivity index (χ4n) is 1.23. The van der Waals surface area contributed by atoms with Gasteiger partial charge in [-0.1, -0.05) is 0 Å². The first-order valence-electron chi connectivity index (χ1n) is 4.74. The van der Waals surface area contributed by atoms with Crippen molar-refractivity contribution in [3.05, 3.63) is 0 Å². The molecule has 1 saturated heterocycles. The molecule has 1 rings (SSSR count). The highest BCUT2D eigenvalue weighted by molar-refractivity contribution is 4.53. The van der Waals surface area contributed by atoms with E-state index in [1.807, 2.05) is 6.92 Å². The van der Waals surface area contributed by atoms with Crippen LogP contribution in [0.25, 0.3) is 0 Å². The van der Waals surface area contributed by atoms with Gasteiger partial charge in [-0.3, -0.25) is 0 Å². The molecule has 1 unspecified atom stereocenters. The van der Waals surface area contributed by atoms with Gasteiger partial charge in [-0.25, -0.2) is 0 Å². The summed E-state index contributed by atoms with van der Waals surface area (Å²) in [5.74, 6) is 0. The minimum Gasteiger partial charge on any atom is -0.379 e. The zero-order valence-corrected chi connectivity index (χ0v) is 7.75. The van der Waals surface area contributed by atoms with Crippen molar-refractivity contribution < 1.29 is 14.2 Å². The Labute approximate surface area is 74.0 Å². The van der Waals surface area contributed by atoms with E-state index < -0.39 is 0 Å². The lowest BCUT2D eigenvalue weighted by Crippen LogP contribution is -2.23. The van der Waals surface area contributed by atoms with E-state index in [-0.39, 0.29) is 6.29 Å². The Hall–Kier alpha value is -0.120. The Bertz CT molecular complexity index is 99.9. The zero-order valence-electron chi connectivity index (χ0n) is 7.75. The lowest BCUT2D eigenvalue weighted by molar-refractivity contribution is -0.168. The second kappa shape index (κ2) is 6.40. The molecule has 0 spiro atoms. The average Bonchev–Trinajstić information content (AvgIpc) is 2.14. The second-order valence-electron chi connectivity index (χ2n) is 2.86. The Morgan fingerprint density at radius 2 is 2.25 bits per heavy atom. The van der Waals surface area contributed by atoms with Crippen LogP contribution in [0, 0.1) is 0 Å². The van der Waals surface area contributed by atoms with E-state index in [1.54, 1.807) is 0 Å². The molecule has 0 saturated carbocycles. The lowest BCUT2D eigenvalue weighted by atomic mass is 10.2. The normalized spacial score (nSPS) is 24.2.